The van der Waals surface area contributed by atoms with Crippen LogP contribution in [0.4, 0.5) is 8.78 Å². The lowest BCUT2D eigenvalue weighted by atomic mass is 10.0. The highest BCUT2D eigenvalue weighted by Crippen LogP contribution is 2.17. The molecule has 0 bridgehead atoms. The van der Waals surface area contributed by atoms with Gasteiger partial charge in [-0.2, -0.15) is 0 Å². The van der Waals surface area contributed by atoms with Crippen LogP contribution in [0.3, 0.4) is 0 Å². The molecule has 2 rings (SSSR count). The van der Waals surface area contributed by atoms with Gasteiger partial charge < -0.3 is 21.5 Å². The summed E-state index contributed by atoms with van der Waals surface area (Å²) in [6.07, 6.45) is -0.505. The molecular weight excluding hydrogens is 392 g/mol. The third-order valence-electron chi connectivity index (χ3n) is 4.17. The number of rotatable bonds is 7. The molecule has 2 atom stereocenters. The zero-order valence-corrected chi connectivity index (χ0v) is 17.2. The van der Waals surface area contributed by atoms with E-state index >= 15 is 0 Å². The van der Waals surface area contributed by atoms with Crippen molar-refractivity contribution in [3.05, 3.63) is 65.2 Å². The van der Waals surface area contributed by atoms with E-state index in [1.54, 1.807) is 12.1 Å². The van der Waals surface area contributed by atoms with Crippen molar-refractivity contribution in [2.75, 3.05) is 7.11 Å². The number of methoxy groups -OCH3 is 1. The van der Waals surface area contributed by atoms with E-state index in [9.17, 15) is 13.6 Å². The minimum absolute atomic E-state index is 0.0669. The van der Waals surface area contributed by atoms with Crippen LogP contribution in [-0.2, 0) is 0 Å². The molecule has 0 aromatic heterocycles. The molecule has 0 radical (unpaired) electrons. The van der Waals surface area contributed by atoms with E-state index in [0.717, 1.165) is 6.07 Å². The number of benzene rings is 2. The third kappa shape index (κ3) is 6.78. The van der Waals surface area contributed by atoms with E-state index in [0.29, 0.717) is 11.3 Å². The number of guanidine groups is 1. The topological polar surface area (TPSA) is 115 Å². The van der Waals surface area contributed by atoms with Gasteiger partial charge in [0.05, 0.1) is 12.7 Å². The van der Waals surface area contributed by atoms with Gasteiger partial charge in [0.25, 0.3) is 5.91 Å². The molecule has 0 fully saturated rings. The number of carbonyl (C=O) groups is 1. The number of nitrogens with zero attached hydrogens (tertiary/aromatic N) is 1. The van der Waals surface area contributed by atoms with E-state index in [4.69, 9.17) is 16.2 Å². The summed E-state index contributed by atoms with van der Waals surface area (Å²) in [6.45, 7) is 3.71. The first kappa shape index (κ1) is 23.2. The number of nitrogens with two attached hydrogens (primary N) is 2. The molecular formula is C21H27F2N5O2. The van der Waals surface area contributed by atoms with Gasteiger partial charge in [-0.3, -0.25) is 10.1 Å². The third-order valence-corrected chi connectivity index (χ3v) is 4.17. The number of nitrogens with one attached hydrogen (secondary N) is 2. The van der Waals surface area contributed by atoms with Crippen molar-refractivity contribution in [1.82, 2.24) is 10.6 Å². The smallest absolute Gasteiger partial charge is 0.260 e. The zero-order chi connectivity index (χ0) is 22.3. The van der Waals surface area contributed by atoms with Crippen molar-refractivity contribution >= 4 is 11.9 Å². The molecule has 2 aromatic carbocycles. The summed E-state index contributed by atoms with van der Waals surface area (Å²) in [7, 11) is 1.41. The summed E-state index contributed by atoms with van der Waals surface area (Å²) in [6, 6.07) is 9.19. The van der Waals surface area contributed by atoms with Crippen LogP contribution in [0.2, 0.25) is 0 Å². The van der Waals surface area contributed by atoms with E-state index in [2.05, 4.69) is 15.6 Å². The zero-order valence-electron chi connectivity index (χ0n) is 17.2. The molecule has 30 heavy (non-hydrogen) atoms. The van der Waals surface area contributed by atoms with Crippen molar-refractivity contribution in [3.8, 4) is 5.75 Å². The average Bonchev–Trinajstić information content (AvgIpc) is 2.67. The van der Waals surface area contributed by atoms with Crippen molar-refractivity contribution in [3.63, 3.8) is 0 Å². The first-order chi connectivity index (χ1) is 14.2. The second-order valence-electron chi connectivity index (χ2n) is 7.04. The molecule has 7 nitrogen and oxygen atoms in total. The first-order valence-corrected chi connectivity index (χ1v) is 9.45. The molecule has 0 aliphatic carbocycles. The Morgan fingerprint density at radius 3 is 2.37 bits per heavy atom. The number of hydrogen-bond donors (Lipinski definition) is 4. The van der Waals surface area contributed by atoms with Crippen molar-refractivity contribution in [2.24, 2.45) is 16.5 Å². The van der Waals surface area contributed by atoms with Crippen molar-refractivity contribution in [1.29, 1.82) is 0 Å². The van der Waals surface area contributed by atoms with Crippen molar-refractivity contribution in [2.45, 2.75) is 38.5 Å². The first-order valence-electron chi connectivity index (χ1n) is 9.45. The number of carbonyl (C=O) groups excluding carboxylic acids is 1. The molecule has 0 saturated carbocycles. The molecule has 0 spiro atoms. The fourth-order valence-electron chi connectivity index (χ4n) is 2.69. The summed E-state index contributed by atoms with van der Waals surface area (Å²) in [5.41, 5.74) is 12.8. The normalized spacial score (nSPS) is 13.7. The van der Waals surface area contributed by atoms with Gasteiger partial charge in [0.2, 0.25) is 0 Å². The Labute approximate surface area is 174 Å². The summed E-state index contributed by atoms with van der Waals surface area (Å²) < 4.78 is 32.2. The highest BCUT2D eigenvalue weighted by molar-refractivity contribution is 6.06. The van der Waals surface area contributed by atoms with Crippen LogP contribution in [-0.4, -0.2) is 31.2 Å². The van der Waals surface area contributed by atoms with E-state index < -0.39 is 23.9 Å². The lowest BCUT2D eigenvalue weighted by Crippen LogP contribution is -2.45. The van der Waals surface area contributed by atoms with Crippen LogP contribution in [0.1, 0.15) is 42.2 Å². The number of hydrogen-bond acceptors (Lipinski definition) is 5. The maximum absolute atomic E-state index is 14.2. The Morgan fingerprint density at radius 1 is 1.13 bits per heavy atom. The van der Waals surface area contributed by atoms with Gasteiger partial charge in [-0.05, 0) is 43.7 Å². The second-order valence-corrected chi connectivity index (χ2v) is 7.04. The largest absolute Gasteiger partial charge is 0.497 e. The van der Waals surface area contributed by atoms with Gasteiger partial charge in [-0.15, -0.1) is 0 Å². The molecule has 9 heteroatoms. The minimum Gasteiger partial charge on any atom is -0.497 e. The predicted molar refractivity (Wildman–Crippen MR) is 112 cm³/mol. The number of ether oxygens (including phenoxy) is 1. The Bertz CT molecular complexity index is 887. The van der Waals surface area contributed by atoms with Gasteiger partial charge >= 0.3 is 0 Å². The molecule has 1 amide bonds. The average molecular weight is 419 g/mol. The molecule has 0 aliphatic heterocycles. The number of aliphatic imine (C=N–C) groups is 1. The van der Waals surface area contributed by atoms with Crippen LogP contribution < -0.4 is 26.8 Å². The van der Waals surface area contributed by atoms with Gasteiger partial charge in [0, 0.05) is 24.6 Å². The molecule has 6 N–H and O–H groups in total. The number of halogens is 2. The Kier molecular flexibility index (Phi) is 8.25. The summed E-state index contributed by atoms with van der Waals surface area (Å²) in [4.78, 5) is 16.8. The van der Waals surface area contributed by atoms with Crippen LogP contribution in [0.25, 0.3) is 0 Å². The van der Waals surface area contributed by atoms with E-state index in [-0.39, 0.29) is 29.8 Å². The molecule has 0 heterocycles. The lowest BCUT2D eigenvalue weighted by Gasteiger charge is -2.19. The summed E-state index contributed by atoms with van der Waals surface area (Å²) in [5, 5.41) is 5.52. The molecule has 162 valence electrons. The molecule has 2 aromatic rings. The Morgan fingerprint density at radius 2 is 1.80 bits per heavy atom. The highest BCUT2D eigenvalue weighted by atomic mass is 19.1. The predicted octanol–water partition coefficient (Wildman–Crippen LogP) is 2.43. The van der Waals surface area contributed by atoms with Crippen LogP contribution in [0, 0.1) is 11.6 Å². The van der Waals surface area contributed by atoms with Gasteiger partial charge in [0.15, 0.2) is 5.96 Å². The van der Waals surface area contributed by atoms with Gasteiger partial charge in [-0.1, -0.05) is 12.1 Å². The number of amides is 1. The summed E-state index contributed by atoms with van der Waals surface area (Å²) in [5.74, 6) is -1.36. The minimum atomic E-state index is -0.757. The SMILES string of the molecule is COc1ccc(C(=O)NC(=NC(N)CC(N)c2ccc(F)cc2)NC(C)C)c(F)c1. The van der Waals surface area contributed by atoms with E-state index in [1.165, 1.54) is 31.4 Å². The monoisotopic (exact) mass is 419 g/mol. The maximum atomic E-state index is 14.2. The Balaban J connectivity index is 2.12. The highest BCUT2D eigenvalue weighted by Gasteiger charge is 2.17. The summed E-state index contributed by atoms with van der Waals surface area (Å²) >= 11 is 0. The molecule has 0 aliphatic rings. The van der Waals surface area contributed by atoms with Gasteiger partial charge in [0.1, 0.15) is 23.5 Å². The second kappa shape index (κ2) is 10.7. The quantitative estimate of drug-likeness (QED) is 0.407. The van der Waals surface area contributed by atoms with Crippen LogP contribution in [0.15, 0.2) is 47.5 Å². The Hall–Kier alpha value is -3.04. The standard InChI is InChI=1S/C21H27F2N5O2/c1-12(2)26-21(28-20(29)16-9-8-15(30-3)10-17(16)23)27-19(25)11-18(24)13-4-6-14(22)7-5-13/h4-10,12,18-19H,11,24-25H2,1-3H3,(H2,26,27,28,29). The van der Waals surface area contributed by atoms with Crippen molar-refractivity contribution < 1.29 is 18.3 Å². The van der Waals surface area contributed by atoms with Gasteiger partial charge in [-0.25, -0.2) is 13.8 Å². The molecule has 0 saturated heterocycles. The molecule has 2 unspecified atom stereocenters. The fourth-order valence-corrected chi connectivity index (χ4v) is 2.69. The maximum Gasteiger partial charge on any atom is 0.260 e. The van der Waals surface area contributed by atoms with Crippen LogP contribution >= 0.6 is 0 Å². The lowest BCUT2D eigenvalue weighted by molar-refractivity contribution is 0.0971. The van der Waals surface area contributed by atoms with E-state index in [1.807, 2.05) is 13.8 Å². The van der Waals surface area contributed by atoms with Crippen LogP contribution in [0.5, 0.6) is 5.75 Å². The fraction of sp³-hybridized carbons (Fsp3) is 0.333.